The first-order chi connectivity index (χ1) is 10.6. The van der Waals surface area contributed by atoms with Crippen LogP contribution in [0.4, 0.5) is 0 Å². The third kappa shape index (κ3) is 1.91. The van der Waals surface area contributed by atoms with Crippen molar-refractivity contribution in [3.8, 4) is 0 Å². The molecule has 1 heterocycles. The van der Waals surface area contributed by atoms with Gasteiger partial charge in [-0.25, -0.2) is 0 Å². The molecule has 2 aromatic rings. The number of amides is 2. The minimum Gasteiger partial charge on any atom is -0.333 e. The molecule has 1 atom stereocenters. The number of hydrogen-bond donors (Lipinski definition) is 1. The third-order valence-corrected chi connectivity index (χ3v) is 4.14. The molecule has 3 rings (SSSR count). The van der Waals surface area contributed by atoms with E-state index in [-0.39, 0.29) is 18.0 Å². The van der Waals surface area contributed by atoms with Crippen molar-refractivity contribution in [2.45, 2.75) is 25.6 Å². The van der Waals surface area contributed by atoms with E-state index in [0.717, 1.165) is 11.1 Å². The first-order valence-corrected chi connectivity index (χ1v) is 7.30. The topological polar surface area (TPSA) is 49.4 Å². The fourth-order valence-corrected chi connectivity index (χ4v) is 3.33. The summed E-state index contributed by atoms with van der Waals surface area (Å²) in [5, 5.41) is 2.90. The summed E-state index contributed by atoms with van der Waals surface area (Å²) in [5.74, 6) is -0.314. The maximum atomic E-state index is 12.9. The van der Waals surface area contributed by atoms with Crippen molar-refractivity contribution in [1.29, 1.82) is 0 Å². The molecule has 112 valence electrons. The van der Waals surface area contributed by atoms with E-state index in [0.29, 0.717) is 0 Å². The fraction of sp³-hybridized carbons (Fsp3) is 0.222. The van der Waals surface area contributed by atoms with Gasteiger partial charge < -0.3 is 10.2 Å². The van der Waals surface area contributed by atoms with E-state index in [1.54, 1.807) is 4.90 Å². The molecule has 1 saturated heterocycles. The maximum absolute atomic E-state index is 12.9. The maximum Gasteiger partial charge on any atom is 0.257 e. The molecule has 0 aromatic heterocycles. The van der Waals surface area contributed by atoms with E-state index in [4.69, 9.17) is 0 Å². The Morgan fingerprint density at radius 3 is 1.86 bits per heavy atom. The molecule has 0 saturated carbocycles. The second-order valence-electron chi connectivity index (χ2n) is 5.48. The first-order valence-electron chi connectivity index (χ1n) is 7.30. The largest absolute Gasteiger partial charge is 0.333 e. The molecular formula is C18H18N2O2. The van der Waals surface area contributed by atoms with Crippen molar-refractivity contribution in [2.24, 2.45) is 0 Å². The average Bonchev–Trinajstić information content (AvgIpc) is 2.80. The second-order valence-corrected chi connectivity index (χ2v) is 5.48. The van der Waals surface area contributed by atoms with Crippen LogP contribution in [0, 0.1) is 0 Å². The molecule has 4 heteroatoms. The van der Waals surface area contributed by atoms with Crippen molar-refractivity contribution in [2.75, 3.05) is 0 Å². The molecule has 1 unspecified atom stereocenters. The SMILES string of the molecule is CC(=O)N1C(C)NC(=O)C1(c1ccccc1)c1ccccc1. The molecule has 1 N–H and O–H groups in total. The molecule has 0 radical (unpaired) electrons. The normalized spacial score (nSPS) is 19.8. The van der Waals surface area contributed by atoms with Crippen LogP contribution in [0.1, 0.15) is 25.0 Å². The predicted octanol–water partition coefficient (Wildman–Crippen LogP) is 2.25. The number of rotatable bonds is 2. The van der Waals surface area contributed by atoms with Gasteiger partial charge in [0.1, 0.15) is 6.17 Å². The van der Waals surface area contributed by atoms with Gasteiger partial charge in [0, 0.05) is 6.92 Å². The van der Waals surface area contributed by atoms with Crippen molar-refractivity contribution in [3.63, 3.8) is 0 Å². The highest BCUT2D eigenvalue weighted by molar-refractivity contribution is 5.98. The van der Waals surface area contributed by atoms with Crippen LogP contribution < -0.4 is 5.32 Å². The van der Waals surface area contributed by atoms with Gasteiger partial charge in [0.05, 0.1) is 0 Å². The molecule has 2 aromatic carbocycles. The zero-order chi connectivity index (χ0) is 15.7. The van der Waals surface area contributed by atoms with Gasteiger partial charge in [-0.2, -0.15) is 0 Å². The quantitative estimate of drug-likeness (QED) is 0.923. The lowest BCUT2D eigenvalue weighted by atomic mass is 9.81. The Hall–Kier alpha value is -2.62. The van der Waals surface area contributed by atoms with Crippen molar-refractivity contribution in [1.82, 2.24) is 10.2 Å². The van der Waals surface area contributed by atoms with Crippen molar-refractivity contribution < 1.29 is 9.59 Å². The summed E-state index contributed by atoms with van der Waals surface area (Å²) in [6.45, 7) is 3.32. The molecule has 0 aliphatic carbocycles. The van der Waals surface area contributed by atoms with Gasteiger partial charge in [-0.3, -0.25) is 9.59 Å². The van der Waals surface area contributed by atoms with Crippen LogP contribution in [-0.4, -0.2) is 22.9 Å². The lowest BCUT2D eigenvalue weighted by Crippen LogP contribution is -2.50. The summed E-state index contributed by atoms with van der Waals surface area (Å²) < 4.78 is 0. The number of nitrogens with zero attached hydrogens (tertiary/aromatic N) is 1. The molecular weight excluding hydrogens is 276 g/mol. The van der Waals surface area contributed by atoms with Crippen molar-refractivity contribution >= 4 is 11.8 Å². The van der Waals surface area contributed by atoms with Crippen LogP contribution >= 0.6 is 0 Å². The highest BCUT2D eigenvalue weighted by atomic mass is 16.2. The Bertz CT molecular complexity index is 658. The van der Waals surface area contributed by atoms with E-state index in [2.05, 4.69) is 5.32 Å². The van der Waals surface area contributed by atoms with Gasteiger partial charge in [0.15, 0.2) is 5.54 Å². The van der Waals surface area contributed by atoms with E-state index in [1.165, 1.54) is 6.92 Å². The fourth-order valence-electron chi connectivity index (χ4n) is 3.33. The lowest BCUT2D eigenvalue weighted by Gasteiger charge is -2.37. The zero-order valence-corrected chi connectivity index (χ0v) is 12.6. The summed E-state index contributed by atoms with van der Waals surface area (Å²) in [7, 11) is 0. The van der Waals surface area contributed by atoms with Crippen LogP contribution in [0.3, 0.4) is 0 Å². The van der Waals surface area contributed by atoms with E-state index in [1.807, 2.05) is 67.6 Å². The van der Waals surface area contributed by atoms with Gasteiger partial charge in [-0.1, -0.05) is 60.7 Å². The van der Waals surface area contributed by atoms with Gasteiger partial charge in [-0.15, -0.1) is 0 Å². The standard InChI is InChI=1S/C18H18N2O2/c1-13-19-17(22)18(20(13)14(2)21,15-9-5-3-6-10-15)16-11-7-4-8-12-16/h3-13H,1-2H3,(H,19,22). The van der Waals surface area contributed by atoms with Crippen LogP contribution in [0.2, 0.25) is 0 Å². The number of benzene rings is 2. The van der Waals surface area contributed by atoms with Gasteiger partial charge in [0.2, 0.25) is 5.91 Å². The Balaban J connectivity index is 2.33. The Morgan fingerprint density at radius 1 is 1.00 bits per heavy atom. The Morgan fingerprint density at radius 2 is 1.45 bits per heavy atom. The first kappa shape index (κ1) is 14.3. The molecule has 4 nitrogen and oxygen atoms in total. The van der Waals surface area contributed by atoms with Crippen LogP contribution in [0.15, 0.2) is 60.7 Å². The Labute approximate surface area is 129 Å². The lowest BCUT2D eigenvalue weighted by molar-refractivity contribution is -0.138. The monoisotopic (exact) mass is 294 g/mol. The summed E-state index contributed by atoms with van der Waals surface area (Å²) in [6.07, 6.45) is -0.356. The number of hydrogen-bond acceptors (Lipinski definition) is 2. The minimum atomic E-state index is -1.12. The van der Waals surface area contributed by atoms with Crippen LogP contribution in [-0.2, 0) is 15.1 Å². The molecule has 1 fully saturated rings. The number of nitrogens with one attached hydrogen (secondary N) is 1. The average molecular weight is 294 g/mol. The zero-order valence-electron chi connectivity index (χ0n) is 12.6. The highest BCUT2D eigenvalue weighted by Gasteiger charge is 2.55. The van der Waals surface area contributed by atoms with E-state index < -0.39 is 5.54 Å². The molecule has 22 heavy (non-hydrogen) atoms. The second kappa shape index (κ2) is 5.30. The number of carbonyl (C=O) groups excluding carboxylic acids is 2. The van der Waals surface area contributed by atoms with Crippen LogP contribution in [0.25, 0.3) is 0 Å². The highest BCUT2D eigenvalue weighted by Crippen LogP contribution is 2.41. The molecule has 0 bridgehead atoms. The van der Waals surface area contributed by atoms with E-state index >= 15 is 0 Å². The van der Waals surface area contributed by atoms with Gasteiger partial charge in [0.25, 0.3) is 5.91 Å². The van der Waals surface area contributed by atoms with Crippen LogP contribution in [0.5, 0.6) is 0 Å². The third-order valence-electron chi connectivity index (χ3n) is 4.14. The summed E-state index contributed by atoms with van der Waals surface area (Å²) in [6, 6.07) is 18.9. The molecule has 1 aliphatic rings. The van der Waals surface area contributed by atoms with Gasteiger partial charge >= 0.3 is 0 Å². The molecule has 2 amide bonds. The summed E-state index contributed by atoms with van der Waals surface area (Å²) in [4.78, 5) is 26.8. The molecule has 1 aliphatic heterocycles. The van der Waals surface area contributed by atoms with Gasteiger partial charge in [-0.05, 0) is 18.1 Å². The number of carbonyl (C=O) groups is 2. The predicted molar refractivity (Wildman–Crippen MR) is 83.8 cm³/mol. The molecule has 0 spiro atoms. The smallest absolute Gasteiger partial charge is 0.257 e. The summed E-state index contributed by atoms with van der Waals surface area (Å²) >= 11 is 0. The van der Waals surface area contributed by atoms with Crippen molar-refractivity contribution in [3.05, 3.63) is 71.8 Å². The van der Waals surface area contributed by atoms with E-state index in [9.17, 15) is 9.59 Å². The summed E-state index contributed by atoms with van der Waals surface area (Å²) in [5.41, 5.74) is 0.463. The minimum absolute atomic E-state index is 0.140. The Kier molecular flexibility index (Phi) is 3.45.